The van der Waals surface area contributed by atoms with Crippen molar-refractivity contribution in [2.75, 3.05) is 6.54 Å². The molecule has 1 aromatic carbocycles. The summed E-state index contributed by atoms with van der Waals surface area (Å²) in [5.41, 5.74) is 7.49. The van der Waals surface area contributed by atoms with Gasteiger partial charge in [0.15, 0.2) is 5.78 Å². The molecule has 0 aromatic heterocycles. The number of ketones is 1. The molecule has 2 heteroatoms. The van der Waals surface area contributed by atoms with Crippen LogP contribution in [0, 0.1) is 5.92 Å². The third-order valence-electron chi connectivity index (χ3n) is 3.19. The molecule has 2 nitrogen and oxygen atoms in total. The van der Waals surface area contributed by atoms with Gasteiger partial charge in [-0.1, -0.05) is 54.6 Å². The van der Waals surface area contributed by atoms with Crippen LogP contribution >= 0.6 is 0 Å². The first-order chi connectivity index (χ1) is 9.31. The van der Waals surface area contributed by atoms with Crippen LogP contribution in [0.3, 0.4) is 0 Å². The molecule has 0 amide bonds. The van der Waals surface area contributed by atoms with Crippen molar-refractivity contribution in [2.45, 2.75) is 12.8 Å². The average molecular weight is 253 g/mol. The van der Waals surface area contributed by atoms with Crippen molar-refractivity contribution in [3.8, 4) is 0 Å². The predicted octanol–water partition coefficient (Wildman–Crippen LogP) is 3.12. The number of carbonyl (C=O) groups is 1. The average Bonchev–Trinajstić information content (AvgIpc) is 2.48. The summed E-state index contributed by atoms with van der Waals surface area (Å²) in [7, 11) is 0. The van der Waals surface area contributed by atoms with E-state index in [0.29, 0.717) is 13.0 Å². The Hall–Kier alpha value is -1.93. The molecule has 0 bridgehead atoms. The molecule has 0 heterocycles. The summed E-state index contributed by atoms with van der Waals surface area (Å²) in [6, 6.07) is 9.91. The Kier molecular flexibility index (Phi) is 4.87. The predicted molar refractivity (Wildman–Crippen MR) is 79.5 cm³/mol. The second-order valence-electron chi connectivity index (χ2n) is 4.64. The highest BCUT2D eigenvalue weighted by Crippen LogP contribution is 2.20. The molecule has 98 valence electrons. The lowest BCUT2D eigenvalue weighted by Gasteiger charge is -2.14. The maximum absolute atomic E-state index is 12.5. The van der Waals surface area contributed by atoms with Crippen LogP contribution in [0.2, 0.25) is 0 Å². The third kappa shape index (κ3) is 3.76. The number of carbonyl (C=O) groups excluding carboxylic acids is 1. The van der Waals surface area contributed by atoms with E-state index in [2.05, 4.69) is 0 Å². The summed E-state index contributed by atoms with van der Waals surface area (Å²) >= 11 is 0. The molecule has 0 saturated heterocycles. The smallest absolute Gasteiger partial charge is 0.166 e. The number of hydrogen-bond donors (Lipinski definition) is 1. The minimum absolute atomic E-state index is 0.0356. The fourth-order valence-electron chi connectivity index (χ4n) is 2.19. The molecule has 1 unspecified atom stereocenters. The Balaban J connectivity index is 2.20. The summed E-state index contributed by atoms with van der Waals surface area (Å²) in [4.78, 5) is 12.5. The first kappa shape index (κ1) is 13.5. The van der Waals surface area contributed by atoms with Crippen molar-refractivity contribution in [3.05, 3.63) is 65.8 Å². The van der Waals surface area contributed by atoms with Gasteiger partial charge in [0.2, 0.25) is 0 Å². The quantitative estimate of drug-likeness (QED) is 0.819. The van der Waals surface area contributed by atoms with Gasteiger partial charge in [-0.3, -0.25) is 4.79 Å². The van der Waals surface area contributed by atoms with Crippen molar-refractivity contribution in [3.63, 3.8) is 0 Å². The molecule has 1 aliphatic carbocycles. The van der Waals surface area contributed by atoms with E-state index in [-0.39, 0.29) is 11.7 Å². The topological polar surface area (TPSA) is 43.1 Å². The standard InChI is InChI=1S/C17H19NO/c18-12-11-16(13-14-7-3-1-4-8-14)17(19)15-9-5-2-6-10-15/h1-9,13,15H,10-12,18H2. The maximum atomic E-state index is 12.5. The van der Waals surface area contributed by atoms with Crippen molar-refractivity contribution in [1.29, 1.82) is 0 Å². The zero-order valence-corrected chi connectivity index (χ0v) is 11.0. The normalized spacial score (nSPS) is 18.6. The Labute approximate surface area is 114 Å². The van der Waals surface area contributed by atoms with Crippen LogP contribution in [-0.4, -0.2) is 12.3 Å². The van der Waals surface area contributed by atoms with Gasteiger partial charge in [-0.2, -0.15) is 0 Å². The summed E-state index contributed by atoms with van der Waals surface area (Å²) in [6.45, 7) is 0.497. The van der Waals surface area contributed by atoms with E-state index in [1.54, 1.807) is 0 Å². The van der Waals surface area contributed by atoms with E-state index in [9.17, 15) is 4.79 Å². The van der Waals surface area contributed by atoms with Crippen molar-refractivity contribution in [2.24, 2.45) is 11.7 Å². The maximum Gasteiger partial charge on any atom is 0.166 e. The van der Waals surface area contributed by atoms with Crippen LogP contribution in [0.4, 0.5) is 0 Å². The first-order valence-corrected chi connectivity index (χ1v) is 6.64. The van der Waals surface area contributed by atoms with E-state index in [1.807, 2.05) is 60.7 Å². The van der Waals surface area contributed by atoms with Crippen LogP contribution in [0.1, 0.15) is 18.4 Å². The van der Waals surface area contributed by atoms with E-state index >= 15 is 0 Å². The molecule has 1 atom stereocenters. The molecule has 0 fully saturated rings. The van der Waals surface area contributed by atoms with E-state index in [0.717, 1.165) is 17.6 Å². The highest BCUT2D eigenvalue weighted by atomic mass is 16.1. The summed E-state index contributed by atoms with van der Waals surface area (Å²) < 4.78 is 0. The Bertz CT molecular complexity index is 511. The summed E-state index contributed by atoms with van der Waals surface area (Å²) in [6.07, 6.45) is 11.3. The van der Waals surface area contributed by atoms with Gasteiger partial charge in [0.1, 0.15) is 0 Å². The van der Waals surface area contributed by atoms with Gasteiger partial charge < -0.3 is 5.73 Å². The SMILES string of the molecule is NCCC(=Cc1ccccc1)C(=O)C1C=CC=CC1. The third-order valence-corrected chi connectivity index (χ3v) is 3.19. The Morgan fingerprint density at radius 2 is 2.05 bits per heavy atom. The minimum Gasteiger partial charge on any atom is -0.330 e. The molecular weight excluding hydrogens is 234 g/mol. The van der Waals surface area contributed by atoms with Gasteiger partial charge in [0.25, 0.3) is 0 Å². The van der Waals surface area contributed by atoms with Gasteiger partial charge in [0, 0.05) is 5.92 Å². The molecular formula is C17H19NO. The molecule has 0 aliphatic heterocycles. The number of allylic oxidation sites excluding steroid dienone is 4. The number of Topliss-reactive ketones (excluding diaryl/α,β-unsaturated/α-hetero) is 1. The highest BCUT2D eigenvalue weighted by Gasteiger charge is 2.19. The highest BCUT2D eigenvalue weighted by molar-refractivity contribution is 6.02. The lowest BCUT2D eigenvalue weighted by molar-refractivity contribution is -0.117. The molecule has 2 N–H and O–H groups in total. The molecule has 1 aromatic rings. The zero-order valence-electron chi connectivity index (χ0n) is 11.0. The van der Waals surface area contributed by atoms with Gasteiger partial charge in [-0.25, -0.2) is 0 Å². The minimum atomic E-state index is -0.0356. The van der Waals surface area contributed by atoms with E-state index in [1.165, 1.54) is 0 Å². The van der Waals surface area contributed by atoms with Crippen LogP contribution in [-0.2, 0) is 4.79 Å². The molecule has 1 aliphatic rings. The van der Waals surface area contributed by atoms with Gasteiger partial charge in [-0.05, 0) is 36.6 Å². The zero-order chi connectivity index (χ0) is 13.5. The van der Waals surface area contributed by atoms with E-state index in [4.69, 9.17) is 5.73 Å². The van der Waals surface area contributed by atoms with Gasteiger partial charge >= 0.3 is 0 Å². The largest absolute Gasteiger partial charge is 0.330 e. The molecule has 19 heavy (non-hydrogen) atoms. The molecule has 2 rings (SSSR count). The first-order valence-electron chi connectivity index (χ1n) is 6.64. The lowest BCUT2D eigenvalue weighted by Crippen LogP contribution is -2.17. The second-order valence-corrected chi connectivity index (χ2v) is 4.64. The van der Waals surface area contributed by atoms with Crippen molar-refractivity contribution < 1.29 is 4.79 Å². The molecule has 0 saturated carbocycles. The monoisotopic (exact) mass is 253 g/mol. The number of benzene rings is 1. The summed E-state index contributed by atoms with van der Waals surface area (Å²) in [5, 5.41) is 0. The Morgan fingerprint density at radius 3 is 2.68 bits per heavy atom. The van der Waals surface area contributed by atoms with Gasteiger partial charge in [-0.15, -0.1) is 0 Å². The van der Waals surface area contributed by atoms with Crippen LogP contribution in [0.15, 0.2) is 60.2 Å². The van der Waals surface area contributed by atoms with Crippen molar-refractivity contribution >= 4 is 11.9 Å². The number of nitrogens with two attached hydrogens (primary N) is 1. The van der Waals surface area contributed by atoms with Gasteiger partial charge in [0.05, 0.1) is 0 Å². The molecule has 0 radical (unpaired) electrons. The Morgan fingerprint density at radius 1 is 1.26 bits per heavy atom. The lowest BCUT2D eigenvalue weighted by atomic mass is 9.89. The number of hydrogen-bond acceptors (Lipinski definition) is 2. The van der Waals surface area contributed by atoms with Crippen molar-refractivity contribution in [1.82, 2.24) is 0 Å². The van der Waals surface area contributed by atoms with E-state index < -0.39 is 0 Å². The second kappa shape index (κ2) is 6.86. The number of rotatable bonds is 5. The van der Waals surface area contributed by atoms with Crippen LogP contribution in [0.25, 0.3) is 6.08 Å². The fraction of sp³-hybridized carbons (Fsp3) is 0.235. The summed E-state index contributed by atoms with van der Waals surface area (Å²) in [5.74, 6) is 0.154. The van der Waals surface area contributed by atoms with Crippen LogP contribution in [0.5, 0.6) is 0 Å². The fourth-order valence-corrected chi connectivity index (χ4v) is 2.19. The molecule has 0 spiro atoms. The van der Waals surface area contributed by atoms with Crippen LogP contribution < -0.4 is 5.73 Å².